The van der Waals surface area contributed by atoms with Crippen molar-refractivity contribution in [3.63, 3.8) is 0 Å². The molecule has 2 atom stereocenters. The number of nitrogens with two attached hydrogens (primary N) is 1. The van der Waals surface area contributed by atoms with Crippen molar-refractivity contribution in [1.82, 2.24) is 0 Å². The minimum Gasteiger partial charge on any atom is -0.325 e. The Morgan fingerprint density at radius 1 is 1.24 bits per heavy atom. The molecule has 2 rings (SSSR count). The Morgan fingerprint density at radius 3 is 2.48 bits per heavy atom. The van der Waals surface area contributed by atoms with E-state index in [0.29, 0.717) is 25.0 Å². The zero-order valence-electron chi connectivity index (χ0n) is 11.6. The van der Waals surface area contributed by atoms with E-state index < -0.39 is 34.8 Å². The van der Waals surface area contributed by atoms with Crippen LogP contribution in [-0.4, -0.2) is 11.4 Å². The molecule has 7 heteroatoms. The highest BCUT2D eigenvalue weighted by Crippen LogP contribution is 2.32. The lowest BCUT2D eigenvalue weighted by Gasteiger charge is -2.37. The molecule has 3 nitrogen and oxygen atoms in total. The summed E-state index contributed by atoms with van der Waals surface area (Å²) in [6.45, 7) is 1.78. The quantitative estimate of drug-likeness (QED) is 0.820. The van der Waals surface area contributed by atoms with Crippen LogP contribution in [0.3, 0.4) is 0 Å². The highest BCUT2D eigenvalue weighted by molar-refractivity contribution is 5.93. The Kier molecular flexibility index (Phi) is 5.64. The Morgan fingerprint density at radius 2 is 1.86 bits per heavy atom. The molecular weight excluding hydrogens is 305 g/mol. The summed E-state index contributed by atoms with van der Waals surface area (Å²) in [5.74, 6) is -4.43. The van der Waals surface area contributed by atoms with Crippen LogP contribution < -0.4 is 11.1 Å². The summed E-state index contributed by atoms with van der Waals surface area (Å²) in [5.41, 5.74) is 5.05. The van der Waals surface area contributed by atoms with Crippen LogP contribution in [0.2, 0.25) is 0 Å². The first kappa shape index (κ1) is 17.8. The van der Waals surface area contributed by atoms with E-state index in [1.807, 2.05) is 0 Å². The van der Waals surface area contributed by atoms with Crippen molar-refractivity contribution in [1.29, 1.82) is 0 Å². The van der Waals surface area contributed by atoms with Gasteiger partial charge in [-0.2, -0.15) is 0 Å². The predicted molar refractivity (Wildman–Crippen MR) is 76.7 cm³/mol. The maximum atomic E-state index is 13.5. The molecule has 0 aromatic heterocycles. The first-order valence-corrected chi connectivity index (χ1v) is 6.55. The molecule has 3 N–H and O–H groups in total. The second kappa shape index (κ2) is 6.66. The average molecular weight is 323 g/mol. The molecular formula is C14H18ClF3N2O. The van der Waals surface area contributed by atoms with Gasteiger partial charge in [0.2, 0.25) is 5.91 Å². The maximum absolute atomic E-state index is 13.5. The van der Waals surface area contributed by atoms with Crippen molar-refractivity contribution in [3.8, 4) is 0 Å². The largest absolute Gasteiger partial charge is 0.325 e. The van der Waals surface area contributed by atoms with Crippen molar-refractivity contribution in [3.05, 3.63) is 29.6 Å². The van der Waals surface area contributed by atoms with E-state index in [1.54, 1.807) is 6.92 Å². The van der Waals surface area contributed by atoms with Crippen LogP contribution in [0.25, 0.3) is 0 Å². The Labute approximate surface area is 127 Å². The monoisotopic (exact) mass is 322 g/mol. The lowest BCUT2D eigenvalue weighted by Crippen LogP contribution is -2.51. The Bertz CT molecular complexity index is 537. The van der Waals surface area contributed by atoms with E-state index in [4.69, 9.17) is 5.73 Å². The standard InChI is InChI=1S/C14H17F3N2O.ClH/c1-14(18)5-3-2-4-8(14)13(20)19-12-7-10(16)9(15)6-11(12)17;/h6-8H,2-5,18H2,1H3,(H,19,20);1H. The van der Waals surface area contributed by atoms with Crippen LogP contribution in [0.5, 0.6) is 0 Å². The van der Waals surface area contributed by atoms with Gasteiger partial charge in [-0.25, -0.2) is 13.2 Å². The molecule has 1 amide bonds. The minimum absolute atomic E-state index is 0. The maximum Gasteiger partial charge on any atom is 0.229 e. The van der Waals surface area contributed by atoms with Crippen LogP contribution in [0.4, 0.5) is 18.9 Å². The fourth-order valence-electron chi connectivity index (χ4n) is 2.63. The van der Waals surface area contributed by atoms with E-state index in [0.717, 1.165) is 12.8 Å². The van der Waals surface area contributed by atoms with Crippen molar-refractivity contribution in [2.45, 2.75) is 38.1 Å². The van der Waals surface area contributed by atoms with Crippen molar-refractivity contribution in [2.75, 3.05) is 5.32 Å². The lowest BCUT2D eigenvalue weighted by molar-refractivity contribution is -0.122. The second-order valence-electron chi connectivity index (χ2n) is 5.54. The van der Waals surface area contributed by atoms with Crippen molar-refractivity contribution >= 4 is 24.0 Å². The first-order chi connectivity index (χ1) is 9.31. The van der Waals surface area contributed by atoms with Gasteiger partial charge in [-0.3, -0.25) is 4.79 Å². The summed E-state index contributed by atoms with van der Waals surface area (Å²) in [5, 5.41) is 2.30. The number of hydrogen-bond acceptors (Lipinski definition) is 2. The summed E-state index contributed by atoms with van der Waals surface area (Å²) in [4.78, 5) is 12.2. The SMILES string of the molecule is CC1(N)CCCCC1C(=O)Nc1cc(F)c(F)cc1F.Cl. The summed E-state index contributed by atoms with van der Waals surface area (Å²) in [7, 11) is 0. The molecule has 1 aromatic rings. The molecule has 118 valence electrons. The van der Waals surface area contributed by atoms with Crippen LogP contribution >= 0.6 is 12.4 Å². The molecule has 21 heavy (non-hydrogen) atoms. The number of carbonyl (C=O) groups excluding carboxylic acids is 1. The summed E-state index contributed by atoms with van der Waals surface area (Å²) < 4.78 is 39.4. The van der Waals surface area contributed by atoms with Gasteiger partial charge in [0.1, 0.15) is 5.82 Å². The molecule has 0 spiro atoms. The van der Waals surface area contributed by atoms with Gasteiger partial charge in [-0.05, 0) is 19.8 Å². The molecule has 1 aliphatic rings. The Hall–Kier alpha value is -1.27. The van der Waals surface area contributed by atoms with Crippen molar-refractivity contribution < 1.29 is 18.0 Å². The highest BCUT2D eigenvalue weighted by atomic mass is 35.5. The van der Waals surface area contributed by atoms with Gasteiger partial charge in [-0.15, -0.1) is 12.4 Å². The van der Waals surface area contributed by atoms with Gasteiger partial charge in [0.15, 0.2) is 11.6 Å². The molecule has 1 aliphatic carbocycles. The average Bonchev–Trinajstić information content (AvgIpc) is 2.35. The van der Waals surface area contributed by atoms with Gasteiger partial charge in [-0.1, -0.05) is 12.8 Å². The van der Waals surface area contributed by atoms with Gasteiger partial charge in [0, 0.05) is 17.7 Å². The minimum atomic E-state index is -1.29. The number of nitrogens with one attached hydrogen (secondary N) is 1. The molecule has 0 radical (unpaired) electrons. The van der Waals surface area contributed by atoms with Gasteiger partial charge >= 0.3 is 0 Å². The molecule has 0 saturated heterocycles. The van der Waals surface area contributed by atoms with Crippen LogP contribution in [0.1, 0.15) is 32.6 Å². The number of carbonyl (C=O) groups is 1. The van der Waals surface area contributed by atoms with Crippen molar-refractivity contribution in [2.24, 2.45) is 11.7 Å². The second-order valence-corrected chi connectivity index (χ2v) is 5.54. The van der Waals surface area contributed by atoms with Gasteiger partial charge in [0.25, 0.3) is 0 Å². The summed E-state index contributed by atoms with van der Waals surface area (Å²) >= 11 is 0. The molecule has 1 saturated carbocycles. The lowest BCUT2D eigenvalue weighted by atomic mass is 9.74. The molecule has 0 aliphatic heterocycles. The van der Waals surface area contributed by atoms with Gasteiger partial charge in [0.05, 0.1) is 11.6 Å². The zero-order chi connectivity index (χ0) is 14.9. The zero-order valence-corrected chi connectivity index (χ0v) is 12.4. The third-order valence-electron chi connectivity index (χ3n) is 3.84. The van der Waals surface area contributed by atoms with E-state index in [-0.39, 0.29) is 18.1 Å². The summed E-state index contributed by atoms with van der Waals surface area (Å²) in [6.07, 6.45) is 3.11. The number of benzene rings is 1. The van der Waals surface area contributed by atoms with Crippen LogP contribution in [0.15, 0.2) is 12.1 Å². The highest BCUT2D eigenvalue weighted by Gasteiger charge is 2.38. The predicted octanol–water partition coefficient (Wildman–Crippen LogP) is 3.37. The van der Waals surface area contributed by atoms with Crippen LogP contribution in [-0.2, 0) is 4.79 Å². The normalized spacial score (nSPS) is 25.1. The number of amides is 1. The Balaban J connectivity index is 0.00000220. The molecule has 2 unspecified atom stereocenters. The smallest absolute Gasteiger partial charge is 0.229 e. The molecule has 1 fully saturated rings. The fourth-order valence-corrected chi connectivity index (χ4v) is 2.63. The third-order valence-corrected chi connectivity index (χ3v) is 3.84. The number of rotatable bonds is 2. The summed E-state index contributed by atoms with van der Waals surface area (Å²) in [6, 6.07) is 1.05. The third kappa shape index (κ3) is 3.89. The first-order valence-electron chi connectivity index (χ1n) is 6.55. The molecule has 1 aromatic carbocycles. The number of hydrogen-bond donors (Lipinski definition) is 2. The molecule has 0 bridgehead atoms. The van der Waals surface area contributed by atoms with Crippen LogP contribution in [0, 0.1) is 23.4 Å². The van der Waals surface area contributed by atoms with Gasteiger partial charge < -0.3 is 11.1 Å². The fraction of sp³-hybridized carbons (Fsp3) is 0.500. The van der Waals surface area contributed by atoms with E-state index >= 15 is 0 Å². The van der Waals surface area contributed by atoms with E-state index in [2.05, 4.69) is 5.32 Å². The number of halogens is 4. The number of anilines is 1. The topological polar surface area (TPSA) is 55.1 Å². The van der Waals surface area contributed by atoms with E-state index in [9.17, 15) is 18.0 Å². The molecule has 0 heterocycles. The van der Waals surface area contributed by atoms with E-state index in [1.165, 1.54) is 0 Å².